The number of carbonyl (C=O) groups excluding carboxylic acids is 2. The van der Waals surface area contributed by atoms with Crippen molar-refractivity contribution in [3.63, 3.8) is 0 Å². The number of hydrogen-bond donors (Lipinski definition) is 1. The third-order valence-corrected chi connectivity index (χ3v) is 6.79. The quantitative estimate of drug-likeness (QED) is 0.299. The molecule has 0 saturated heterocycles. The smallest absolute Gasteiger partial charge is 0.250 e. The summed E-state index contributed by atoms with van der Waals surface area (Å²) >= 11 is 1.23. The number of ether oxygens (including phenoxy) is 1. The fourth-order valence-corrected chi connectivity index (χ4v) is 4.51. The maximum atomic E-state index is 13.6. The molecular formula is C27H31FN4O3S. The Hall–Kier alpha value is -3.46. The Morgan fingerprint density at radius 1 is 1.06 bits per heavy atom. The molecule has 1 heterocycles. The molecule has 3 aromatic rings. The van der Waals surface area contributed by atoms with Crippen LogP contribution in [0.25, 0.3) is 0 Å². The van der Waals surface area contributed by atoms with E-state index in [4.69, 9.17) is 4.74 Å². The summed E-state index contributed by atoms with van der Waals surface area (Å²) in [6.45, 7) is 7.50. The summed E-state index contributed by atoms with van der Waals surface area (Å²) in [5, 5.41) is 3.43. The van der Waals surface area contributed by atoms with Crippen LogP contribution in [-0.2, 0) is 16.1 Å². The highest BCUT2D eigenvalue weighted by Crippen LogP contribution is 2.27. The van der Waals surface area contributed by atoms with Gasteiger partial charge in [-0.05, 0) is 75.2 Å². The van der Waals surface area contributed by atoms with Gasteiger partial charge in [0.05, 0.1) is 12.9 Å². The minimum absolute atomic E-state index is 0.0511. The van der Waals surface area contributed by atoms with E-state index in [1.807, 2.05) is 26.8 Å². The van der Waals surface area contributed by atoms with Crippen LogP contribution in [0, 0.1) is 19.7 Å². The number of anilines is 1. The first-order valence-electron chi connectivity index (χ1n) is 11.6. The molecule has 1 unspecified atom stereocenters. The Bertz CT molecular complexity index is 1180. The van der Waals surface area contributed by atoms with Crippen molar-refractivity contribution in [1.82, 2.24) is 14.9 Å². The van der Waals surface area contributed by atoms with Crippen molar-refractivity contribution in [3.05, 3.63) is 77.4 Å². The van der Waals surface area contributed by atoms with Crippen molar-refractivity contribution in [2.75, 3.05) is 18.2 Å². The van der Waals surface area contributed by atoms with Gasteiger partial charge in [-0.25, -0.2) is 14.4 Å². The average Bonchev–Trinajstić information content (AvgIpc) is 2.86. The highest BCUT2D eigenvalue weighted by Gasteiger charge is 2.40. The van der Waals surface area contributed by atoms with Crippen LogP contribution in [0.5, 0.6) is 5.75 Å². The number of methoxy groups -OCH3 is 1. The lowest BCUT2D eigenvalue weighted by Crippen LogP contribution is -2.57. The zero-order chi connectivity index (χ0) is 26.3. The van der Waals surface area contributed by atoms with Gasteiger partial charge in [0.2, 0.25) is 11.8 Å². The lowest BCUT2D eigenvalue weighted by atomic mass is 9.93. The highest BCUT2D eigenvalue weighted by atomic mass is 32.2. The van der Waals surface area contributed by atoms with Crippen LogP contribution < -0.4 is 10.1 Å². The lowest BCUT2D eigenvalue weighted by molar-refractivity contribution is -0.143. The number of halogens is 1. The number of rotatable bonds is 10. The first kappa shape index (κ1) is 27.1. The molecule has 0 fully saturated rings. The predicted octanol–water partition coefficient (Wildman–Crippen LogP) is 5.17. The van der Waals surface area contributed by atoms with Crippen LogP contribution in [-0.4, -0.2) is 45.1 Å². The van der Waals surface area contributed by atoms with Crippen molar-refractivity contribution in [1.29, 1.82) is 0 Å². The van der Waals surface area contributed by atoms with E-state index in [0.717, 1.165) is 11.4 Å². The van der Waals surface area contributed by atoms with Gasteiger partial charge in [-0.15, -0.1) is 0 Å². The molecule has 0 aliphatic rings. The van der Waals surface area contributed by atoms with Crippen molar-refractivity contribution in [2.45, 2.75) is 51.4 Å². The number of nitrogens with zero attached hydrogens (tertiary/aromatic N) is 3. The van der Waals surface area contributed by atoms with Crippen LogP contribution in [0.1, 0.15) is 37.2 Å². The van der Waals surface area contributed by atoms with Crippen LogP contribution in [0.2, 0.25) is 0 Å². The number of nitrogens with one attached hydrogen (secondary N) is 1. The van der Waals surface area contributed by atoms with Gasteiger partial charge >= 0.3 is 0 Å². The SMILES string of the molecule is CCC(C)(C(=O)Nc1ccc(OC)cc1)N(Cc1ccc(F)cc1)C(=O)CSc1nc(C)cc(C)n1. The van der Waals surface area contributed by atoms with Gasteiger partial charge < -0.3 is 15.0 Å². The average molecular weight is 511 g/mol. The second-order valence-electron chi connectivity index (χ2n) is 8.64. The number of hydrogen-bond acceptors (Lipinski definition) is 6. The number of benzene rings is 2. The predicted molar refractivity (Wildman–Crippen MR) is 139 cm³/mol. The summed E-state index contributed by atoms with van der Waals surface area (Å²) < 4.78 is 18.7. The van der Waals surface area contributed by atoms with E-state index in [0.29, 0.717) is 28.6 Å². The van der Waals surface area contributed by atoms with Gasteiger partial charge in [-0.1, -0.05) is 30.8 Å². The monoisotopic (exact) mass is 510 g/mol. The van der Waals surface area contributed by atoms with E-state index < -0.39 is 5.54 Å². The van der Waals surface area contributed by atoms with Gasteiger partial charge in [0.15, 0.2) is 5.16 Å². The molecule has 2 amide bonds. The van der Waals surface area contributed by atoms with Gasteiger partial charge in [-0.3, -0.25) is 9.59 Å². The van der Waals surface area contributed by atoms with Crippen molar-refractivity contribution in [3.8, 4) is 5.75 Å². The van der Waals surface area contributed by atoms with Crippen LogP contribution in [0.3, 0.4) is 0 Å². The maximum absolute atomic E-state index is 13.6. The number of amides is 2. The Labute approximate surface area is 215 Å². The molecular weight excluding hydrogens is 479 g/mol. The second-order valence-corrected chi connectivity index (χ2v) is 9.58. The summed E-state index contributed by atoms with van der Waals surface area (Å²) in [4.78, 5) is 37.5. The molecule has 1 N–H and O–H groups in total. The zero-order valence-corrected chi connectivity index (χ0v) is 22.0. The second kappa shape index (κ2) is 12.0. The summed E-state index contributed by atoms with van der Waals surface area (Å²) in [7, 11) is 1.57. The van der Waals surface area contributed by atoms with Crippen molar-refractivity contribution in [2.24, 2.45) is 0 Å². The largest absolute Gasteiger partial charge is 0.497 e. The van der Waals surface area contributed by atoms with Crippen LogP contribution in [0.4, 0.5) is 10.1 Å². The van der Waals surface area contributed by atoms with Gasteiger partial charge in [0, 0.05) is 23.6 Å². The fraction of sp³-hybridized carbons (Fsp3) is 0.333. The molecule has 9 heteroatoms. The number of carbonyl (C=O) groups is 2. The minimum Gasteiger partial charge on any atom is -0.497 e. The van der Waals surface area contributed by atoms with Crippen molar-refractivity contribution < 1.29 is 18.7 Å². The van der Waals surface area contributed by atoms with Crippen LogP contribution >= 0.6 is 11.8 Å². The molecule has 0 spiro atoms. The van der Waals surface area contributed by atoms with Crippen LogP contribution in [0.15, 0.2) is 59.8 Å². The first-order chi connectivity index (χ1) is 17.1. The van der Waals surface area contributed by atoms with E-state index in [1.165, 1.54) is 23.9 Å². The number of aryl methyl sites for hydroxylation is 2. The summed E-state index contributed by atoms with van der Waals surface area (Å²) in [6, 6.07) is 14.8. The van der Waals surface area contributed by atoms with Crippen molar-refractivity contribution >= 4 is 29.3 Å². The summed E-state index contributed by atoms with van der Waals surface area (Å²) in [6.07, 6.45) is 0.368. The molecule has 0 aliphatic heterocycles. The molecule has 0 saturated carbocycles. The molecule has 36 heavy (non-hydrogen) atoms. The number of aromatic nitrogens is 2. The molecule has 3 rings (SSSR count). The molecule has 1 atom stereocenters. The topological polar surface area (TPSA) is 84.4 Å². The Morgan fingerprint density at radius 2 is 1.67 bits per heavy atom. The molecule has 0 aliphatic carbocycles. The molecule has 2 aromatic carbocycles. The molecule has 1 aromatic heterocycles. The summed E-state index contributed by atoms with van der Waals surface area (Å²) in [5.41, 5.74) is 1.77. The molecule has 7 nitrogen and oxygen atoms in total. The Kier molecular flexibility index (Phi) is 9.03. The third-order valence-electron chi connectivity index (χ3n) is 5.96. The zero-order valence-electron chi connectivity index (χ0n) is 21.2. The molecule has 0 bridgehead atoms. The van der Waals surface area contributed by atoms with Gasteiger partial charge in [0.25, 0.3) is 0 Å². The van der Waals surface area contributed by atoms with Gasteiger partial charge in [-0.2, -0.15) is 0 Å². The van der Waals surface area contributed by atoms with Gasteiger partial charge in [0.1, 0.15) is 17.1 Å². The standard InChI is InChI=1S/C27H31FN4O3S/c1-6-27(4,25(34)31-22-11-13-23(35-5)14-12-22)32(16-20-7-9-21(28)10-8-20)24(33)17-36-26-29-18(2)15-19(3)30-26/h7-15H,6,16-17H2,1-5H3,(H,31,34). The third kappa shape index (κ3) is 6.81. The highest BCUT2D eigenvalue weighted by molar-refractivity contribution is 7.99. The van der Waals surface area contributed by atoms with E-state index in [-0.39, 0.29) is 29.9 Å². The summed E-state index contributed by atoms with van der Waals surface area (Å²) in [5.74, 6) is -0.214. The van der Waals surface area contributed by atoms with E-state index >= 15 is 0 Å². The first-order valence-corrected chi connectivity index (χ1v) is 12.6. The Balaban J connectivity index is 1.87. The maximum Gasteiger partial charge on any atom is 0.250 e. The lowest BCUT2D eigenvalue weighted by Gasteiger charge is -2.39. The molecule has 190 valence electrons. The van der Waals surface area contributed by atoms with E-state index in [1.54, 1.807) is 55.3 Å². The minimum atomic E-state index is -1.17. The molecule has 0 radical (unpaired) electrons. The normalized spacial score (nSPS) is 12.5. The Morgan fingerprint density at radius 3 is 2.22 bits per heavy atom. The van der Waals surface area contributed by atoms with E-state index in [9.17, 15) is 14.0 Å². The number of thioether (sulfide) groups is 1. The fourth-order valence-electron chi connectivity index (χ4n) is 3.69. The van der Waals surface area contributed by atoms with E-state index in [2.05, 4.69) is 15.3 Å².